The van der Waals surface area contributed by atoms with Crippen LogP contribution in [0, 0.1) is 0 Å². The van der Waals surface area contributed by atoms with Gasteiger partial charge in [-0.05, 0) is 37.3 Å². The predicted octanol–water partition coefficient (Wildman–Crippen LogP) is 2.74. The van der Waals surface area contributed by atoms with Crippen molar-refractivity contribution in [3.63, 3.8) is 0 Å². The van der Waals surface area contributed by atoms with E-state index in [-0.39, 0.29) is 11.7 Å². The molecule has 0 aliphatic carbocycles. The molecule has 11 heteroatoms. The lowest BCUT2D eigenvalue weighted by Crippen LogP contribution is -2.17. The molecular weight excluding hydrogens is 442 g/mol. The number of pyridine rings is 1. The molecule has 170 valence electrons. The first-order valence-corrected chi connectivity index (χ1v) is 11.9. The smallest absolute Gasteiger partial charge is 0.251 e. The minimum absolute atomic E-state index is 0.0428. The summed E-state index contributed by atoms with van der Waals surface area (Å²) in [6.07, 6.45) is 5.11. The molecule has 0 atom stereocenters. The second kappa shape index (κ2) is 9.25. The number of rotatable bonds is 8. The van der Waals surface area contributed by atoms with Crippen LogP contribution in [0.5, 0.6) is 0 Å². The van der Waals surface area contributed by atoms with E-state index in [4.69, 9.17) is 0 Å². The zero-order valence-corrected chi connectivity index (χ0v) is 18.9. The molecular formula is C22H23N7O3S. The summed E-state index contributed by atoms with van der Waals surface area (Å²) in [6.45, 7) is 1.93. The van der Waals surface area contributed by atoms with Gasteiger partial charge < -0.3 is 15.2 Å². The number of carbonyl (C=O) groups is 1. The van der Waals surface area contributed by atoms with Crippen LogP contribution in [-0.2, 0) is 16.6 Å². The van der Waals surface area contributed by atoms with E-state index in [0.29, 0.717) is 40.8 Å². The molecule has 3 aromatic heterocycles. The van der Waals surface area contributed by atoms with Gasteiger partial charge in [-0.2, -0.15) is 4.98 Å². The first-order chi connectivity index (χ1) is 15.9. The van der Waals surface area contributed by atoms with Gasteiger partial charge in [-0.15, -0.1) is 0 Å². The molecule has 4 aromatic rings. The van der Waals surface area contributed by atoms with E-state index in [1.54, 1.807) is 50.6 Å². The van der Waals surface area contributed by atoms with Crippen LogP contribution in [0.3, 0.4) is 0 Å². The van der Waals surface area contributed by atoms with Gasteiger partial charge in [0, 0.05) is 47.8 Å². The highest BCUT2D eigenvalue weighted by molar-refractivity contribution is 7.92. The summed E-state index contributed by atoms with van der Waals surface area (Å²) in [7, 11) is -1.88. The Morgan fingerprint density at radius 3 is 2.76 bits per heavy atom. The Balaban J connectivity index is 1.62. The molecule has 1 aromatic carbocycles. The second-order valence-electron chi connectivity index (χ2n) is 7.22. The van der Waals surface area contributed by atoms with Crippen LogP contribution < -0.4 is 15.4 Å². The fraction of sp³-hybridized carbons (Fsp3) is 0.182. The molecule has 3 heterocycles. The van der Waals surface area contributed by atoms with Gasteiger partial charge in [0.1, 0.15) is 11.5 Å². The number of hydrogen-bond donors (Lipinski definition) is 3. The van der Waals surface area contributed by atoms with Crippen LogP contribution in [0.25, 0.3) is 11.0 Å². The summed E-state index contributed by atoms with van der Waals surface area (Å²) in [5.41, 5.74) is 2.57. The van der Waals surface area contributed by atoms with Crippen molar-refractivity contribution < 1.29 is 13.2 Å². The van der Waals surface area contributed by atoms with Crippen molar-refractivity contribution in [3.8, 4) is 0 Å². The van der Waals surface area contributed by atoms with E-state index in [9.17, 15) is 13.2 Å². The number of fused-ring (bicyclic) bond motifs is 1. The van der Waals surface area contributed by atoms with Gasteiger partial charge in [0.05, 0.1) is 12.3 Å². The fourth-order valence-corrected chi connectivity index (χ4v) is 3.85. The van der Waals surface area contributed by atoms with Crippen molar-refractivity contribution in [2.75, 3.05) is 22.8 Å². The Morgan fingerprint density at radius 1 is 1.12 bits per heavy atom. The standard InChI is InChI=1S/C22H23N7O3S/c1-3-33(31,32)28-19-17(7-5-10-24-19)14-29-11-9-16-13-25-22(27-20(16)29)26-18-8-4-6-15(12-18)21(30)23-2/h4-13H,3,14H2,1-2H3,(H,23,30)(H,24,28)(H,25,26,27). The number of hydrogen-bond acceptors (Lipinski definition) is 7. The van der Waals surface area contributed by atoms with Crippen molar-refractivity contribution in [1.82, 2.24) is 24.8 Å². The van der Waals surface area contributed by atoms with Crippen molar-refractivity contribution in [2.24, 2.45) is 0 Å². The van der Waals surface area contributed by atoms with Gasteiger partial charge >= 0.3 is 0 Å². The van der Waals surface area contributed by atoms with Crippen LogP contribution in [0.1, 0.15) is 22.8 Å². The summed E-state index contributed by atoms with van der Waals surface area (Å²) in [4.78, 5) is 25.1. The van der Waals surface area contributed by atoms with Crippen molar-refractivity contribution in [3.05, 3.63) is 72.2 Å². The Labute approximate surface area is 191 Å². The maximum atomic E-state index is 12.0. The zero-order chi connectivity index (χ0) is 23.4. The Bertz CT molecular complexity index is 1420. The summed E-state index contributed by atoms with van der Waals surface area (Å²) in [5, 5.41) is 6.56. The minimum Gasteiger partial charge on any atom is -0.355 e. The van der Waals surface area contributed by atoms with Gasteiger partial charge in [0.2, 0.25) is 16.0 Å². The van der Waals surface area contributed by atoms with E-state index in [0.717, 1.165) is 5.39 Å². The number of amides is 1. The summed E-state index contributed by atoms with van der Waals surface area (Å²) < 4.78 is 28.5. The van der Waals surface area contributed by atoms with Gasteiger partial charge in [0.25, 0.3) is 5.91 Å². The highest BCUT2D eigenvalue weighted by Gasteiger charge is 2.14. The third-order valence-corrected chi connectivity index (χ3v) is 6.24. The normalized spacial score (nSPS) is 11.3. The molecule has 0 saturated carbocycles. The lowest BCUT2D eigenvalue weighted by Gasteiger charge is -2.12. The van der Waals surface area contributed by atoms with E-state index in [2.05, 4.69) is 30.3 Å². The maximum absolute atomic E-state index is 12.0. The topological polar surface area (TPSA) is 131 Å². The Kier molecular flexibility index (Phi) is 6.22. The SMILES string of the molecule is CCS(=O)(=O)Nc1ncccc1Cn1ccc2cnc(Nc3cccc(C(=O)NC)c3)nc21. The maximum Gasteiger partial charge on any atom is 0.251 e. The predicted molar refractivity (Wildman–Crippen MR) is 127 cm³/mol. The fourth-order valence-electron chi connectivity index (χ4n) is 3.23. The number of benzene rings is 1. The molecule has 0 fully saturated rings. The van der Waals surface area contributed by atoms with Gasteiger partial charge in [-0.1, -0.05) is 12.1 Å². The number of aromatic nitrogens is 4. The molecule has 0 saturated heterocycles. The first kappa shape index (κ1) is 22.2. The Hall–Kier alpha value is -3.99. The highest BCUT2D eigenvalue weighted by atomic mass is 32.2. The molecule has 0 unspecified atom stereocenters. The van der Waals surface area contributed by atoms with E-state index in [1.165, 1.54) is 0 Å². The first-order valence-electron chi connectivity index (χ1n) is 10.2. The molecule has 3 N–H and O–H groups in total. The molecule has 0 aliphatic heterocycles. The van der Waals surface area contributed by atoms with Gasteiger partial charge in [-0.3, -0.25) is 9.52 Å². The molecule has 0 bridgehead atoms. The monoisotopic (exact) mass is 465 g/mol. The van der Waals surface area contributed by atoms with Crippen LogP contribution in [0.4, 0.5) is 17.5 Å². The van der Waals surface area contributed by atoms with Crippen LogP contribution in [0.2, 0.25) is 0 Å². The quantitative estimate of drug-likeness (QED) is 0.365. The molecule has 1 amide bonds. The number of anilines is 3. The van der Waals surface area contributed by atoms with Crippen molar-refractivity contribution in [1.29, 1.82) is 0 Å². The molecule has 0 spiro atoms. The van der Waals surface area contributed by atoms with Crippen LogP contribution >= 0.6 is 0 Å². The second-order valence-corrected chi connectivity index (χ2v) is 9.23. The number of carbonyl (C=O) groups excluding carboxylic acids is 1. The average Bonchev–Trinajstić information content (AvgIpc) is 3.22. The summed E-state index contributed by atoms with van der Waals surface area (Å²) in [6, 6.07) is 12.5. The lowest BCUT2D eigenvalue weighted by atomic mass is 10.2. The van der Waals surface area contributed by atoms with Gasteiger partial charge in [-0.25, -0.2) is 18.4 Å². The molecule has 0 radical (unpaired) electrons. The minimum atomic E-state index is -3.46. The lowest BCUT2D eigenvalue weighted by molar-refractivity contribution is 0.0963. The third kappa shape index (κ3) is 5.09. The van der Waals surface area contributed by atoms with E-state index >= 15 is 0 Å². The average molecular weight is 466 g/mol. The summed E-state index contributed by atoms with van der Waals surface area (Å²) >= 11 is 0. The third-order valence-electron chi connectivity index (χ3n) is 4.97. The largest absolute Gasteiger partial charge is 0.355 e. The van der Waals surface area contributed by atoms with E-state index in [1.807, 2.05) is 29.0 Å². The zero-order valence-electron chi connectivity index (χ0n) is 18.1. The number of sulfonamides is 1. The highest BCUT2D eigenvalue weighted by Crippen LogP contribution is 2.21. The summed E-state index contributed by atoms with van der Waals surface area (Å²) in [5.74, 6) is 0.433. The molecule has 10 nitrogen and oxygen atoms in total. The van der Waals surface area contributed by atoms with Crippen LogP contribution in [-0.4, -0.2) is 46.6 Å². The molecule has 4 rings (SSSR count). The van der Waals surface area contributed by atoms with Crippen molar-refractivity contribution in [2.45, 2.75) is 13.5 Å². The number of nitrogens with one attached hydrogen (secondary N) is 3. The van der Waals surface area contributed by atoms with Gasteiger partial charge in [0.15, 0.2) is 0 Å². The Morgan fingerprint density at radius 2 is 1.97 bits per heavy atom. The molecule has 0 aliphatic rings. The van der Waals surface area contributed by atoms with Crippen LogP contribution in [0.15, 0.2) is 61.1 Å². The molecule has 33 heavy (non-hydrogen) atoms. The van der Waals surface area contributed by atoms with Crippen molar-refractivity contribution >= 4 is 44.4 Å². The number of nitrogens with zero attached hydrogens (tertiary/aromatic N) is 4. The van der Waals surface area contributed by atoms with E-state index < -0.39 is 10.0 Å².